The number of nitrogens with one attached hydrogen (secondary N) is 4. The molecule has 1 aromatic heterocycles. The van der Waals surface area contributed by atoms with E-state index in [1.165, 1.54) is 24.7 Å². The minimum Gasteiger partial charge on any atom is -0.508 e. The first kappa shape index (κ1) is 29.8. The van der Waals surface area contributed by atoms with Gasteiger partial charge in [0.2, 0.25) is 23.6 Å². The number of aromatic amines is 1. The number of carboxylic acids is 1. The topological polar surface area (TPSA) is 243 Å². The number of hydrogen-bond acceptors (Lipinski definition) is 8. The van der Waals surface area contributed by atoms with Crippen molar-refractivity contribution in [2.75, 3.05) is 0 Å². The summed E-state index contributed by atoms with van der Waals surface area (Å²) >= 11 is 0. The summed E-state index contributed by atoms with van der Waals surface area (Å²) in [5.41, 5.74) is 12.4. The van der Waals surface area contributed by atoms with E-state index in [1.807, 2.05) is 0 Å². The van der Waals surface area contributed by atoms with Crippen molar-refractivity contribution in [1.82, 2.24) is 25.9 Å². The fraction of sp³-hybridized carbons (Fsp3) is 0.417. The van der Waals surface area contributed by atoms with Gasteiger partial charge in [-0.05, 0) is 30.0 Å². The van der Waals surface area contributed by atoms with Crippen LogP contribution in [0.1, 0.15) is 31.5 Å². The zero-order valence-electron chi connectivity index (χ0n) is 21.0. The van der Waals surface area contributed by atoms with Crippen molar-refractivity contribution in [2.45, 2.75) is 57.3 Å². The van der Waals surface area contributed by atoms with Crippen LogP contribution in [0.25, 0.3) is 0 Å². The molecule has 2 rings (SSSR count). The molecule has 0 saturated heterocycles. The maximum absolute atomic E-state index is 13.2. The van der Waals surface area contributed by atoms with Crippen LogP contribution in [0.4, 0.5) is 0 Å². The van der Waals surface area contributed by atoms with Gasteiger partial charge in [0.1, 0.15) is 23.9 Å². The highest BCUT2D eigenvalue weighted by Gasteiger charge is 2.32. The van der Waals surface area contributed by atoms with E-state index in [2.05, 4.69) is 25.9 Å². The molecule has 0 aliphatic heterocycles. The van der Waals surface area contributed by atoms with Gasteiger partial charge in [-0.15, -0.1) is 0 Å². The first-order valence-electron chi connectivity index (χ1n) is 11.8. The third-order valence-corrected chi connectivity index (χ3v) is 5.61. The second-order valence-corrected chi connectivity index (χ2v) is 9.12. The zero-order chi connectivity index (χ0) is 28.4. The molecule has 38 heavy (non-hydrogen) atoms. The number of carbonyl (C=O) groups is 5. The molecule has 4 amide bonds. The molecule has 0 spiro atoms. The summed E-state index contributed by atoms with van der Waals surface area (Å²) in [5.74, 6) is -5.04. The fourth-order valence-corrected chi connectivity index (χ4v) is 3.53. The largest absolute Gasteiger partial charge is 0.508 e. The van der Waals surface area contributed by atoms with Gasteiger partial charge >= 0.3 is 5.97 Å². The molecule has 0 saturated carbocycles. The zero-order valence-corrected chi connectivity index (χ0v) is 21.0. The first-order valence-corrected chi connectivity index (χ1v) is 11.8. The summed E-state index contributed by atoms with van der Waals surface area (Å²) in [6.45, 7) is 3.16. The predicted molar refractivity (Wildman–Crippen MR) is 134 cm³/mol. The maximum atomic E-state index is 13.2. The Kier molecular flexibility index (Phi) is 10.8. The number of amides is 4. The number of aromatic nitrogens is 2. The van der Waals surface area contributed by atoms with Crippen LogP contribution in [-0.2, 0) is 36.8 Å². The number of H-pyrrole nitrogens is 1. The van der Waals surface area contributed by atoms with Gasteiger partial charge in [-0.3, -0.25) is 19.2 Å². The molecule has 0 bridgehead atoms. The molecule has 0 aliphatic carbocycles. The molecular weight excluding hydrogens is 498 g/mol. The lowest BCUT2D eigenvalue weighted by Crippen LogP contribution is -2.58. The van der Waals surface area contributed by atoms with E-state index in [9.17, 15) is 34.2 Å². The van der Waals surface area contributed by atoms with Crippen molar-refractivity contribution in [3.63, 3.8) is 0 Å². The average molecular weight is 532 g/mol. The second kappa shape index (κ2) is 13.7. The number of aliphatic carboxylic acids is 1. The number of imidazole rings is 1. The van der Waals surface area contributed by atoms with Crippen molar-refractivity contribution in [1.29, 1.82) is 0 Å². The number of nitrogens with two attached hydrogens (primary N) is 2. The van der Waals surface area contributed by atoms with Gasteiger partial charge in [-0.1, -0.05) is 26.0 Å². The van der Waals surface area contributed by atoms with Crippen LogP contribution in [0.2, 0.25) is 0 Å². The number of hydrogen-bond donors (Lipinski definition) is 8. The number of rotatable bonds is 14. The quantitative estimate of drug-likeness (QED) is 0.138. The highest BCUT2D eigenvalue weighted by Crippen LogP contribution is 2.11. The van der Waals surface area contributed by atoms with Crippen LogP contribution in [0.3, 0.4) is 0 Å². The molecule has 2 aromatic rings. The lowest BCUT2D eigenvalue weighted by molar-refractivity contribution is -0.143. The summed E-state index contributed by atoms with van der Waals surface area (Å²) in [7, 11) is 0. The lowest BCUT2D eigenvalue weighted by atomic mass is 10.0. The minimum atomic E-state index is -1.49. The van der Waals surface area contributed by atoms with Gasteiger partial charge in [-0.25, -0.2) is 9.78 Å². The van der Waals surface area contributed by atoms with Gasteiger partial charge in [0, 0.05) is 18.3 Å². The van der Waals surface area contributed by atoms with E-state index < -0.39 is 66.1 Å². The Labute approximate surface area is 218 Å². The number of phenolic OH excluding ortho intramolecular Hbond substituents is 1. The summed E-state index contributed by atoms with van der Waals surface area (Å²) in [6.07, 6.45) is 2.27. The van der Waals surface area contributed by atoms with Crippen molar-refractivity contribution < 1.29 is 34.2 Å². The van der Waals surface area contributed by atoms with E-state index in [4.69, 9.17) is 11.5 Å². The van der Waals surface area contributed by atoms with E-state index in [0.29, 0.717) is 11.3 Å². The Hall–Kier alpha value is -4.46. The monoisotopic (exact) mass is 531 g/mol. The normalized spacial score (nSPS) is 14.1. The van der Waals surface area contributed by atoms with Crippen LogP contribution in [0.15, 0.2) is 36.8 Å². The van der Waals surface area contributed by atoms with Crippen LogP contribution in [0.5, 0.6) is 5.75 Å². The molecule has 206 valence electrons. The molecule has 4 atom stereocenters. The Morgan fingerprint density at radius 3 is 2.08 bits per heavy atom. The molecule has 4 unspecified atom stereocenters. The van der Waals surface area contributed by atoms with Crippen LogP contribution in [0, 0.1) is 5.92 Å². The Morgan fingerprint density at radius 2 is 1.55 bits per heavy atom. The van der Waals surface area contributed by atoms with Crippen molar-refractivity contribution >= 4 is 29.6 Å². The van der Waals surface area contributed by atoms with E-state index in [-0.39, 0.29) is 18.6 Å². The van der Waals surface area contributed by atoms with Crippen LogP contribution < -0.4 is 27.4 Å². The molecule has 0 aliphatic rings. The standard InChI is InChI=1S/C24H33N7O7/c1-12(2)20(24(37)38)31-23(36)18(9-19(26)33)30-22(35)17(8-14-10-27-11-28-14)29-21(34)16(25)7-13-3-5-15(32)6-4-13/h3-6,10-12,16-18,20,32H,7-9,25H2,1-2H3,(H2,26,33)(H,27,28)(H,29,34)(H,30,35)(H,31,36)(H,37,38). The number of aromatic hydroxyl groups is 1. The molecule has 10 N–H and O–H groups in total. The SMILES string of the molecule is CC(C)C(NC(=O)C(CC(N)=O)NC(=O)C(Cc1cnc[nH]1)NC(=O)C(N)Cc1ccc(O)cc1)C(=O)O. The molecule has 1 heterocycles. The summed E-state index contributed by atoms with van der Waals surface area (Å²) in [4.78, 5) is 68.6. The Bertz CT molecular complexity index is 1120. The number of nitrogens with zero attached hydrogens (tertiary/aromatic N) is 1. The van der Waals surface area contributed by atoms with E-state index in [0.717, 1.165) is 0 Å². The third kappa shape index (κ3) is 9.20. The van der Waals surface area contributed by atoms with Gasteiger partial charge in [0.15, 0.2) is 0 Å². The highest BCUT2D eigenvalue weighted by atomic mass is 16.4. The number of phenols is 1. The minimum absolute atomic E-state index is 0.0562. The van der Waals surface area contributed by atoms with E-state index >= 15 is 0 Å². The number of carbonyl (C=O) groups excluding carboxylic acids is 4. The first-order chi connectivity index (χ1) is 17.9. The molecule has 1 aromatic carbocycles. The van der Waals surface area contributed by atoms with Crippen molar-refractivity contribution in [3.8, 4) is 5.75 Å². The molecule has 0 fully saturated rings. The average Bonchev–Trinajstić information content (AvgIpc) is 3.35. The van der Waals surface area contributed by atoms with Crippen LogP contribution >= 0.6 is 0 Å². The number of carboxylic acid groups (broad SMARTS) is 1. The third-order valence-electron chi connectivity index (χ3n) is 5.61. The second-order valence-electron chi connectivity index (χ2n) is 9.12. The predicted octanol–water partition coefficient (Wildman–Crippen LogP) is -1.70. The van der Waals surface area contributed by atoms with Crippen molar-refractivity contribution in [3.05, 3.63) is 48.0 Å². The van der Waals surface area contributed by atoms with Gasteiger partial charge in [0.05, 0.1) is 18.8 Å². The fourth-order valence-electron chi connectivity index (χ4n) is 3.53. The maximum Gasteiger partial charge on any atom is 0.326 e. The van der Waals surface area contributed by atoms with Gasteiger partial charge < -0.3 is 42.6 Å². The Morgan fingerprint density at radius 1 is 0.947 bits per heavy atom. The summed E-state index contributed by atoms with van der Waals surface area (Å²) in [6, 6.07) is 1.05. The molecule has 0 radical (unpaired) electrons. The smallest absolute Gasteiger partial charge is 0.326 e. The van der Waals surface area contributed by atoms with Gasteiger partial charge in [-0.2, -0.15) is 0 Å². The molecule has 14 heteroatoms. The number of benzene rings is 1. The Balaban J connectivity index is 2.18. The lowest BCUT2D eigenvalue weighted by Gasteiger charge is -2.25. The molecular formula is C24H33N7O7. The van der Waals surface area contributed by atoms with Crippen molar-refractivity contribution in [2.24, 2.45) is 17.4 Å². The van der Waals surface area contributed by atoms with E-state index in [1.54, 1.807) is 26.0 Å². The summed E-state index contributed by atoms with van der Waals surface area (Å²) < 4.78 is 0. The number of primary amides is 1. The molecule has 14 nitrogen and oxygen atoms in total. The highest BCUT2D eigenvalue weighted by molar-refractivity contribution is 5.96. The van der Waals surface area contributed by atoms with Crippen LogP contribution in [-0.4, -0.2) is 73.9 Å². The summed E-state index contributed by atoms with van der Waals surface area (Å²) in [5, 5.41) is 26.0. The van der Waals surface area contributed by atoms with Gasteiger partial charge in [0.25, 0.3) is 0 Å².